The van der Waals surface area contributed by atoms with Crippen LogP contribution in [-0.2, 0) is 6.54 Å². The van der Waals surface area contributed by atoms with Crippen molar-refractivity contribution in [3.8, 4) is 5.69 Å². The number of para-hydroxylation sites is 1. The molecule has 0 saturated carbocycles. The number of hydrogen-bond donors (Lipinski definition) is 1. The molecule has 4 aromatic rings. The molecule has 0 saturated heterocycles. The van der Waals surface area contributed by atoms with E-state index in [2.05, 4.69) is 77.1 Å². The standard InChI is InChI=1S/C21H22N4S/c1-14-10-15(2)25(24-14)20-7-5-4-6-17(20)12-22-16(3)18-11-21-19(23-13-18)8-9-26-21/h4-11,13,16,22H,12H2,1-3H3. The van der Waals surface area contributed by atoms with Crippen LogP contribution in [0.25, 0.3) is 15.9 Å². The minimum atomic E-state index is 0.225. The minimum Gasteiger partial charge on any atom is -0.306 e. The summed E-state index contributed by atoms with van der Waals surface area (Å²) in [6.07, 6.45) is 1.97. The Labute approximate surface area is 157 Å². The average Bonchev–Trinajstić information content (AvgIpc) is 3.24. The lowest BCUT2D eigenvalue weighted by molar-refractivity contribution is 0.571. The van der Waals surface area contributed by atoms with Crippen LogP contribution in [0.2, 0.25) is 0 Å². The number of nitrogens with zero attached hydrogens (tertiary/aromatic N) is 3. The van der Waals surface area contributed by atoms with E-state index in [0.717, 1.165) is 29.1 Å². The van der Waals surface area contributed by atoms with Crippen molar-refractivity contribution in [2.75, 3.05) is 0 Å². The summed E-state index contributed by atoms with van der Waals surface area (Å²) in [5.74, 6) is 0. The number of aryl methyl sites for hydroxylation is 2. The molecule has 1 atom stereocenters. The van der Waals surface area contributed by atoms with Gasteiger partial charge in [0.25, 0.3) is 0 Å². The van der Waals surface area contributed by atoms with Crippen molar-refractivity contribution in [2.45, 2.75) is 33.4 Å². The third-order valence-electron chi connectivity index (χ3n) is 4.65. The van der Waals surface area contributed by atoms with Crippen LogP contribution in [0.1, 0.15) is 35.5 Å². The lowest BCUT2D eigenvalue weighted by Crippen LogP contribution is -2.19. The molecule has 5 heteroatoms. The van der Waals surface area contributed by atoms with Crippen LogP contribution in [0.4, 0.5) is 0 Å². The lowest BCUT2D eigenvalue weighted by atomic mass is 10.1. The molecule has 0 spiro atoms. The number of nitrogens with one attached hydrogen (secondary N) is 1. The SMILES string of the molecule is Cc1cc(C)n(-c2ccccc2CNC(C)c2cnc3ccsc3c2)n1. The van der Waals surface area contributed by atoms with Gasteiger partial charge in [-0.15, -0.1) is 11.3 Å². The number of rotatable bonds is 5. The Morgan fingerprint density at radius 2 is 2.00 bits per heavy atom. The van der Waals surface area contributed by atoms with Gasteiger partial charge < -0.3 is 5.32 Å². The van der Waals surface area contributed by atoms with Gasteiger partial charge >= 0.3 is 0 Å². The maximum atomic E-state index is 4.63. The third kappa shape index (κ3) is 3.28. The van der Waals surface area contributed by atoms with Gasteiger partial charge in [0.05, 0.1) is 21.6 Å². The molecule has 1 unspecified atom stereocenters. The van der Waals surface area contributed by atoms with E-state index in [4.69, 9.17) is 0 Å². The summed E-state index contributed by atoms with van der Waals surface area (Å²) >= 11 is 1.74. The van der Waals surface area contributed by atoms with Crippen LogP contribution in [0.3, 0.4) is 0 Å². The molecule has 0 aliphatic carbocycles. The second kappa shape index (κ2) is 7.02. The molecular formula is C21H22N4S. The maximum absolute atomic E-state index is 4.63. The molecule has 1 aromatic carbocycles. The van der Waals surface area contributed by atoms with E-state index in [9.17, 15) is 0 Å². The monoisotopic (exact) mass is 362 g/mol. The first-order chi connectivity index (χ1) is 12.6. The molecule has 4 nitrogen and oxygen atoms in total. The van der Waals surface area contributed by atoms with Gasteiger partial charge in [0.2, 0.25) is 0 Å². The van der Waals surface area contributed by atoms with Crippen molar-refractivity contribution in [1.82, 2.24) is 20.1 Å². The number of aromatic nitrogens is 3. The largest absolute Gasteiger partial charge is 0.306 e. The molecule has 0 fully saturated rings. The molecule has 1 N–H and O–H groups in total. The van der Waals surface area contributed by atoms with Gasteiger partial charge in [0.1, 0.15) is 0 Å². The highest BCUT2D eigenvalue weighted by atomic mass is 32.1. The highest BCUT2D eigenvalue weighted by Gasteiger charge is 2.11. The van der Waals surface area contributed by atoms with Gasteiger partial charge in [0, 0.05) is 24.5 Å². The summed E-state index contributed by atoms with van der Waals surface area (Å²) in [6.45, 7) is 7.08. The second-order valence-electron chi connectivity index (χ2n) is 6.64. The average molecular weight is 363 g/mol. The second-order valence-corrected chi connectivity index (χ2v) is 7.59. The fraction of sp³-hybridized carbons (Fsp3) is 0.238. The molecular weight excluding hydrogens is 340 g/mol. The van der Waals surface area contributed by atoms with Crippen LogP contribution in [0.15, 0.2) is 54.0 Å². The topological polar surface area (TPSA) is 42.7 Å². The molecule has 26 heavy (non-hydrogen) atoms. The van der Waals surface area contributed by atoms with Crippen LogP contribution in [0, 0.1) is 13.8 Å². The number of fused-ring (bicyclic) bond motifs is 1. The molecule has 0 aliphatic rings. The predicted octanol–water partition coefficient (Wildman–Crippen LogP) is 4.95. The highest BCUT2D eigenvalue weighted by Crippen LogP contribution is 2.23. The minimum absolute atomic E-state index is 0.225. The number of thiophene rings is 1. The number of benzene rings is 1. The van der Waals surface area contributed by atoms with Gasteiger partial charge in [0.15, 0.2) is 0 Å². The van der Waals surface area contributed by atoms with Crippen molar-refractivity contribution in [2.24, 2.45) is 0 Å². The zero-order valence-electron chi connectivity index (χ0n) is 15.2. The summed E-state index contributed by atoms with van der Waals surface area (Å²) in [6, 6.07) is 15.1. The van der Waals surface area contributed by atoms with E-state index in [1.54, 1.807) is 11.3 Å². The summed E-state index contributed by atoms with van der Waals surface area (Å²) in [7, 11) is 0. The Morgan fingerprint density at radius 1 is 1.15 bits per heavy atom. The molecule has 132 valence electrons. The van der Waals surface area contributed by atoms with Crippen molar-refractivity contribution >= 4 is 21.6 Å². The quantitative estimate of drug-likeness (QED) is 0.546. The molecule has 0 amide bonds. The van der Waals surface area contributed by atoms with Gasteiger partial charge in [-0.3, -0.25) is 4.98 Å². The summed E-state index contributed by atoms with van der Waals surface area (Å²) in [5, 5.41) is 10.4. The third-order valence-corrected chi connectivity index (χ3v) is 5.51. The van der Waals surface area contributed by atoms with Crippen LogP contribution >= 0.6 is 11.3 Å². The molecule has 4 rings (SSSR count). The normalized spacial score (nSPS) is 12.6. The van der Waals surface area contributed by atoms with E-state index in [1.807, 2.05) is 17.8 Å². The zero-order chi connectivity index (χ0) is 18.1. The first kappa shape index (κ1) is 16.9. The van der Waals surface area contributed by atoms with Gasteiger partial charge in [-0.2, -0.15) is 5.10 Å². The van der Waals surface area contributed by atoms with Crippen molar-refractivity contribution in [3.05, 3.63) is 76.6 Å². The molecule has 3 heterocycles. The van der Waals surface area contributed by atoms with E-state index in [0.29, 0.717) is 0 Å². The Hall–Kier alpha value is -2.50. The van der Waals surface area contributed by atoms with Gasteiger partial charge in [-0.25, -0.2) is 4.68 Å². The number of pyridine rings is 1. The Kier molecular flexibility index (Phi) is 4.57. The van der Waals surface area contributed by atoms with Crippen LogP contribution < -0.4 is 5.32 Å². The Bertz CT molecular complexity index is 1050. The molecule has 0 radical (unpaired) electrons. The van der Waals surface area contributed by atoms with Crippen molar-refractivity contribution in [3.63, 3.8) is 0 Å². The van der Waals surface area contributed by atoms with E-state index in [-0.39, 0.29) is 6.04 Å². The first-order valence-electron chi connectivity index (χ1n) is 8.80. The summed E-state index contributed by atoms with van der Waals surface area (Å²) in [4.78, 5) is 4.55. The fourth-order valence-electron chi connectivity index (χ4n) is 3.22. The van der Waals surface area contributed by atoms with E-state index < -0.39 is 0 Å². The Morgan fingerprint density at radius 3 is 2.81 bits per heavy atom. The Balaban J connectivity index is 1.55. The van der Waals surface area contributed by atoms with Crippen LogP contribution in [-0.4, -0.2) is 14.8 Å². The van der Waals surface area contributed by atoms with Crippen LogP contribution in [0.5, 0.6) is 0 Å². The van der Waals surface area contributed by atoms with Gasteiger partial charge in [-0.1, -0.05) is 18.2 Å². The first-order valence-corrected chi connectivity index (χ1v) is 9.68. The zero-order valence-corrected chi connectivity index (χ0v) is 16.0. The van der Waals surface area contributed by atoms with Crippen molar-refractivity contribution in [1.29, 1.82) is 0 Å². The molecule has 0 aliphatic heterocycles. The summed E-state index contributed by atoms with van der Waals surface area (Å²) in [5.41, 5.74) is 6.83. The molecule has 0 bridgehead atoms. The fourth-order valence-corrected chi connectivity index (χ4v) is 4.01. The smallest absolute Gasteiger partial charge is 0.0809 e. The summed E-state index contributed by atoms with van der Waals surface area (Å²) < 4.78 is 3.26. The highest BCUT2D eigenvalue weighted by molar-refractivity contribution is 7.17. The predicted molar refractivity (Wildman–Crippen MR) is 108 cm³/mol. The van der Waals surface area contributed by atoms with Crippen molar-refractivity contribution < 1.29 is 0 Å². The number of hydrogen-bond acceptors (Lipinski definition) is 4. The molecule has 3 aromatic heterocycles. The maximum Gasteiger partial charge on any atom is 0.0809 e. The van der Waals surface area contributed by atoms with E-state index in [1.165, 1.54) is 15.8 Å². The van der Waals surface area contributed by atoms with E-state index >= 15 is 0 Å². The van der Waals surface area contributed by atoms with Gasteiger partial charge in [-0.05, 0) is 61.5 Å². The lowest BCUT2D eigenvalue weighted by Gasteiger charge is -2.16.